The van der Waals surface area contributed by atoms with Crippen molar-refractivity contribution in [3.63, 3.8) is 0 Å². The molecule has 0 atom stereocenters. The van der Waals surface area contributed by atoms with Crippen molar-refractivity contribution in [1.82, 2.24) is 19.7 Å². The summed E-state index contributed by atoms with van der Waals surface area (Å²) < 4.78 is 7.24. The van der Waals surface area contributed by atoms with Crippen LogP contribution < -0.4 is 4.74 Å². The topological polar surface area (TPSA) is 60.2 Å². The van der Waals surface area contributed by atoms with Gasteiger partial charge in [0.1, 0.15) is 12.1 Å². The molecule has 3 aromatic rings. The van der Waals surface area contributed by atoms with E-state index in [1.807, 2.05) is 54.1 Å². The average molecular weight is 382 g/mol. The minimum Gasteiger partial charge on any atom is -0.495 e. The molecule has 0 spiro atoms. The van der Waals surface area contributed by atoms with Gasteiger partial charge < -0.3 is 9.64 Å². The van der Waals surface area contributed by atoms with Gasteiger partial charge in [-0.25, -0.2) is 0 Å². The number of amides is 1. The van der Waals surface area contributed by atoms with E-state index in [1.54, 1.807) is 18.3 Å². The minimum atomic E-state index is 0.0397. The summed E-state index contributed by atoms with van der Waals surface area (Å²) in [6, 6.07) is 15.7. The summed E-state index contributed by atoms with van der Waals surface area (Å²) in [4.78, 5) is 14.3. The maximum atomic E-state index is 12.5. The Hall–Kier alpha value is -2.80. The van der Waals surface area contributed by atoms with Gasteiger partial charge in [0, 0.05) is 13.6 Å². The van der Waals surface area contributed by atoms with E-state index in [1.165, 1.54) is 17.3 Å². The molecular weight excluding hydrogens is 360 g/mol. The van der Waals surface area contributed by atoms with Gasteiger partial charge in [-0.1, -0.05) is 48.2 Å². The van der Waals surface area contributed by atoms with Crippen molar-refractivity contribution in [3.05, 3.63) is 66.0 Å². The number of nitrogens with zero attached hydrogens (tertiary/aromatic N) is 4. The Labute approximate surface area is 163 Å². The number of carbonyl (C=O) groups is 1. The summed E-state index contributed by atoms with van der Waals surface area (Å²) in [6.45, 7) is 2.64. The van der Waals surface area contributed by atoms with Crippen LogP contribution in [0.1, 0.15) is 11.1 Å². The molecule has 140 valence electrons. The number of para-hydroxylation sites is 2. The molecule has 0 N–H and O–H groups in total. The lowest BCUT2D eigenvalue weighted by Crippen LogP contribution is -2.28. The van der Waals surface area contributed by atoms with Gasteiger partial charge in [0.05, 0.1) is 18.6 Å². The van der Waals surface area contributed by atoms with Gasteiger partial charge in [-0.05, 0) is 30.2 Å². The number of hydrogen-bond acceptors (Lipinski definition) is 5. The number of rotatable bonds is 7. The van der Waals surface area contributed by atoms with Crippen LogP contribution in [0.4, 0.5) is 0 Å². The maximum Gasteiger partial charge on any atom is 0.233 e. The molecule has 3 rings (SSSR count). The van der Waals surface area contributed by atoms with Crippen molar-refractivity contribution in [2.24, 2.45) is 0 Å². The van der Waals surface area contributed by atoms with E-state index in [4.69, 9.17) is 4.74 Å². The summed E-state index contributed by atoms with van der Waals surface area (Å²) >= 11 is 1.36. The second kappa shape index (κ2) is 8.73. The normalized spacial score (nSPS) is 10.6. The first-order valence-corrected chi connectivity index (χ1v) is 9.53. The first-order chi connectivity index (χ1) is 13.1. The number of aryl methyl sites for hydroxylation is 1. The Morgan fingerprint density at radius 1 is 1.19 bits per heavy atom. The van der Waals surface area contributed by atoms with Gasteiger partial charge in [0.2, 0.25) is 5.91 Å². The monoisotopic (exact) mass is 382 g/mol. The van der Waals surface area contributed by atoms with Crippen molar-refractivity contribution in [2.45, 2.75) is 18.6 Å². The fraction of sp³-hybridized carbons (Fsp3) is 0.250. The molecule has 1 amide bonds. The standard InChI is InChI=1S/C20H22N4O2S/c1-15-8-4-5-9-16(15)12-23(2)19(25)13-27-20-22-21-14-24(20)17-10-6-7-11-18(17)26-3/h4-11,14H,12-13H2,1-3H3. The van der Waals surface area contributed by atoms with Crippen molar-refractivity contribution >= 4 is 17.7 Å². The lowest BCUT2D eigenvalue weighted by atomic mass is 10.1. The van der Waals surface area contributed by atoms with E-state index in [-0.39, 0.29) is 11.7 Å². The van der Waals surface area contributed by atoms with E-state index in [9.17, 15) is 4.79 Å². The number of benzene rings is 2. The van der Waals surface area contributed by atoms with E-state index < -0.39 is 0 Å². The third-order valence-corrected chi connectivity index (χ3v) is 5.21. The third-order valence-electron chi connectivity index (χ3n) is 4.28. The molecular formula is C20H22N4O2S. The molecule has 0 saturated carbocycles. The predicted octanol–water partition coefficient (Wildman–Crippen LogP) is 3.34. The van der Waals surface area contributed by atoms with Crippen LogP contribution in [0.25, 0.3) is 5.69 Å². The lowest BCUT2D eigenvalue weighted by molar-refractivity contribution is -0.127. The van der Waals surface area contributed by atoms with Gasteiger partial charge in [-0.15, -0.1) is 10.2 Å². The Balaban J connectivity index is 1.66. The van der Waals surface area contributed by atoms with E-state index in [0.717, 1.165) is 17.0 Å². The van der Waals surface area contributed by atoms with E-state index >= 15 is 0 Å². The molecule has 0 radical (unpaired) electrons. The Morgan fingerprint density at radius 3 is 2.70 bits per heavy atom. The van der Waals surface area contributed by atoms with Crippen LogP contribution in [0.3, 0.4) is 0 Å². The predicted molar refractivity (Wildman–Crippen MR) is 106 cm³/mol. The maximum absolute atomic E-state index is 12.5. The van der Waals surface area contributed by atoms with Gasteiger partial charge in [-0.2, -0.15) is 0 Å². The molecule has 0 aliphatic heterocycles. The highest BCUT2D eigenvalue weighted by Gasteiger charge is 2.15. The molecule has 0 saturated heterocycles. The zero-order valence-corrected chi connectivity index (χ0v) is 16.4. The Morgan fingerprint density at radius 2 is 1.93 bits per heavy atom. The summed E-state index contributed by atoms with van der Waals surface area (Å²) in [5.41, 5.74) is 3.17. The zero-order chi connectivity index (χ0) is 19.2. The second-order valence-electron chi connectivity index (χ2n) is 6.12. The smallest absolute Gasteiger partial charge is 0.233 e. The van der Waals surface area contributed by atoms with Crippen LogP contribution in [0, 0.1) is 6.92 Å². The number of methoxy groups -OCH3 is 1. The first-order valence-electron chi connectivity index (χ1n) is 8.55. The highest BCUT2D eigenvalue weighted by Crippen LogP contribution is 2.26. The number of thioether (sulfide) groups is 1. The van der Waals surface area contributed by atoms with Gasteiger partial charge in [0.25, 0.3) is 0 Å². The molecule has 7 heteroatoms. The second-order valence-corrected chi connectivity index (χ2v) is 7.06. The van der Waals surface area contributed by atoms with Gasteiger partial charge in [-0.3, -0.25) is 9.36 Å². The SMILES string of the molecule is COc1ccccc1-n1cnnc1SCC(=O)N(C)Cc1ccccc1C. The molecule has 0 aliphatic rings. The molecule has 1 aromatic heterocycles. The molecule has 0 unspecified atom stereocenters. The van der Waals surface area contributed by atoms with Gasteiger partial charge in [0.15, 0.2) is 5.16 Å². The molecule has 27 heavy (non-hydrogen) atoms. The summed E-state index contributed by atoms with van der Waals surface area (Å²) in [5.74, 6) is 1.05. The molecule has 2 aromatic carbocycles. The molecule has 1 heterocycles. The van der Waals surface area contributed by atoms with E-state index in [2.05, 4.69) is 23.2 Å². The minimum absolute atomic E-state index is 0.0397. The number of hydrogen-bond donors (Lipinski definition) is 0. The quantitative estimate of drug-likeness (QED) is 0.587. The summed E-state index contributed by atoms with van der Waals surface area (Å²) in [7, 11) is 3.44. The van der Waals surface area contributed by atoms with Crippen molar-refractivity contribution in [2.75, 3.05) is 19.9 Å². The van der Waals surface area contributed by atoms with Crippen molar-refractivity contribution in [3.8, 4) is 11.4 Å². The number of aromatic nitrogens is 3. The summed E-state index contributed by atoms with van der Waals surface area (Å²) in [5, 5.41) is 8.78. The highest BCUT2D eigenvalue weighted by molar-refractivity contribution is 7.99. The van der Waals surface area contributed by atoms with Crippen molar-refractivity contribution in [1.29, 1.82) is 0 Å². The highest BCUT2D eigenvalue weighted by atomic mass is 32.2. The molecule has 0 fully saturated rings. The Bertz CT molecular complexity index is 926. The number of carbonyl (C=O) groups excluding carboxylic acids is 1. The molecule has 0 aliphatic carbocycles. The van der Waals surface area contributed by atoms with Crippen LogP contribution in [0.2, 0.25) is 0 Å². The van der Waals surface area contributed by atoms with Crippen molar-refractivity contribution < 1.29 is 9.53 Å². The average Bonchev–Trinajstić information content (AvgIpc) is 3.16. The van der Waals surface area contributed by atoms with Crippen LogP contribution >= 0.6 is 11.8 Å². The lowest BCUT2D eigenvalue weighted by Gasteiger charge is -2.18. The fourth-order valence-corrected chi connectivity index (χ4v) is 3.55. The molecule has 6 nitrogen and oxygen atoms in total. The number of ether oxygens (including phenoxy) is 1. The fourth-order valence-electron chi connectivity index (χ4n) is 2.68. The first kappa shape index (κ1) is 19.0. The largest absolute Gasteiger partial charge is 0.495 e. The van der Waals surface area contributed by atoms with Gasteiger partial charge >= 0.3 is 0 Å². The molecule has 0 bridgehead atoms. The van der Waals surface area contributed by atoms with Crippen LogP contribution in [-0.2, 0) is 11.3 Å². The zero-order valence-electron chi connectivity index (χ0n) is 15.6. The van der Waals surface area contributed by atoms with Crippen LogP contribution in [0.5, 0.6) is 5.75 Å². The summed E-state index contributed by atoms with van der Waals surface area (Å²) in [6.07, 6.45) is 1.63. The third kappa shape index (κ3) is 4.49. The van der Waals surface area contributed by atoms with E-state index in [0.29, 0.717) is 11.7 Å². The van der Waals surface area contributed by atoms with Crippen LogP contribution in [-0.4, -0.2) is 45.5 Å². The van der Waals surface area contributed by atoms with Crippen LogP contribution in [0.15, 0.2) is 60.0 Å². The Kier molecular flexibility index (Phi) is 6.13.